The second-order valence-corrected chi connectivity index (χ2v) is 8.79. The molecule has 10 heteroatoms. The van der Waals surface area contributed by atoms with Crippen molar-refractivity contribution >= 4 is 52.4 Å². The third kappa shape index (κ3) is 5.03. The van der Waals surface area contributed by atoms with Crippen LogP contribution in [0.25, 0.3) is 0 Å². The predicted molar refractivity (Wildman–Crippen MR) is 130 cm³/mol. The van der Waals surface area contributed by atoms with Gasteiger partial charge in [-0.3, -0.25) is 0 Å². The monoisotopic (exact) mass is 534 g/mol. The molecule has 0 bridgehead atoms. The normalized spacial score (nSPS) is 14.6. The highest BCUT2D eigenvalue weighted by Crippen LogP contribution is 2.44. The lowest BCUT2D eigenvalue weighted by Crippen LogP contribution is -2.21. The molecule has 0 aromatic heterocycles. The molecule has 2 N–H and O–H groups in total. The number of benzene rings is 3. The molecule has 4 rings (SSSR count). The maximum absolute atomic E-state index is 12.3. The summed E-state index contributed by atoms with van der Waals surface area (Å²) in [5.74, 6) is -0.429. The van der Waals surface area contributed by atoms with Gasteiger partial charge in [-0.15, -0.1) is 0 Å². The van der Waals surface area contributed by atoms with Crippen molar-refractivity contribution in [3.8, 4) is 23.3 Å². The summed E-state index contributed by atoms with van der Waals surface area (Å²) in [7, 11) is 0. The van der Waals surface area contributed by atoms with E-state index in [1.807, 2.05) is 0 Å². The van der Waals surface area contributed by atoms with Crippen molar-refractivity contribution in [1.82, 2.24) is 0 Å². The van der Waals surface area contributed by atoms with Gasteiger partial charge < -0.3 is 19.9 Å². The summed E-state index contributed by atoms with van der Waals surface area (Å²) in [5, 5.41) is 11.1. The van der Waals surface area contributed by atoms with Crippen molar-refractivity contribution < 1.29 is 19.0 Å². The van der Waals surface area contributed by atoms with Gasteiger partial charge in [-0.1, -0.05) is 58.5 Å². The van der Waals surface area contributed by atoms with Crippen LogP contribution in [0.5, 0.6) is 17.2 Å². The molecular formula is C24H14Cl4N2O4. The summed E-state index contributed by atoms with van der Waals surface area (Å²) in [5.41, 5.74) is 7.59. The lowest BCUT2D eigenvalue weighted by molar-refractivity contribution is -0.136. The highest BCUT2D eigenvalue weighted by molar-refractivity contribution is 6.42. The number of fused-ring (bicyclic) bond motifs is 1. The summed E-state index contributed by atoms with van der Waals surface area (Å²) in [4.78, 5) is 12.3. The number of rotatable bonds is 5. The minimum atomic E-state index is -0.663. The Bertz CT molecular complexity index is 1370. The van der Waals surface area contributed by atoms with Crippen molar-refractivity contribution in [2.45, 2.75) is 5.92 Å². The second-order valence-electron chi connectivity index (χ2n) is 7.14. The minimum Gasteiger partial charge on any atom is -0.480 e. The van der Waals surface area contributed by atoms with Crippen LogP contribution in [0.15, 0.2) is 66.1 Å². The summed E-state index contributed by atoms with van der Waals surface area (Å²) in [6, 6.07) is 16.6. The van der Waals surface area contributed by atoms with Gasteiger partial charge in [-0.2, -0.15) is 5.26 Å². The summed E-state index contributed by atoms with van der Waals surface area (Å²) in [6.45, 7) is -0.383. The number of nitrogens with two attached hydrogens (primary N) is 1. The quantitative estimate of drug-likeness (QED) is 0.296. The Morgan fingerprint density at radius 2 is 1.79 bits per heavy atom. The van der Waals surface area contributed by atoms with Gasteiger partial charge in [0.25, 0.3) is 0 Å². The van der Waals surface area contributed by atoms with Gasteiger partial charge in [0.1, 0.15) is 28.9 Å². The van der Waals surface area contributed by atoms with Crippen LogP contribution in [0, 0.1) is 11.3 Å². The standard InChI is InChI=1S/C24H14Cl4N2O4/c25-13-2-6-20(19(28)8-13)32-11-22(31)33-14-3-4-15-21(9-14)34-24(30)16(10-29)23(15)12-1-5-17(26)18(27)7-12/h1-9,23H,11,30H2. The third-order valence-corrected chi connectivity index (χ3v) is 6.21. The van der Waals surface area contributed by atoms with Gasteiger partial charge >= 0.3 is 5.97 Å². The fraction of sp³-hybridized carbons (Fsp3) is 0.0833. The highest BCUT2D eigenvalue weighted by Gasteiger charge is 2.31. The fourth-order valence-electron chi connectivity index (χ4n) is 3.42. The van der Waals surface area contributed by atoms with Crippen LogP contribution in [-0.4, -0.2) is 12.6 Å². The SMILES string of the molecule is N#CC1=C(N)Oc2cc(OC(=O)COc3ccc(Cl)cc3Cl)ccc2C1c1ccc(Cl)c(Cl)c1. The third-order valence-electron chi connectivity index (χ3n) is 4.94. The molecule has 1 aliphatic heterocycles. The van der Waals surface area contributed by atoms with E-state index < -0.39 is 11.9 Å². The Morgan fingerprint density at radius 3 is 2.50 bits per heavy atom. The number of nitriles is 1. The van der Waals surface area contributed by atoms with Crippen LogP contribution in [0.2, 0.25) is 20.1 Å². The van der Waals surface area contributed by atoms with Crippen molar-refractivity contribution in [3.63, 3.8) is 0 Å². The molecule has 0 saturated carbocycles. The van der Waals surface area contributed by atoms with Gasteiger partial charge in [0.05, 0.1) is 21.0 Å². The number of nitrogens with zero attached hydrogens (tertiary/aromatic N) is 1. The number of carbonyl (C=O) groups excluding carboxylic acids is 1. The molecule has 34 heavy (non-hydrogen) atoms. The average Bonchev–Trinajstić information content (AvgIpc) is 2.79. The number of hydrogen-bond acceptors (Lipinski definition) is 6. The predicted octanol–water partition coefficient (Wildman–Crippen LogP) is 6.50. The van der Waals surface area contributed by atoms with Gasteiger partial charge in [0.2, 0.25) is 5.88 Å². The molecule has 0 spiro atoms. The molecule has 3 aromatic carbocycles. The Morgan fingerprint density at radius 1 is 1.00 bits per heavy atom. The largest absolute Gasteiger partial charge is 0.480 e. The maximum Gasteiger partial charge on any atom is 0.349 e. The first kappa shape index (κ1) is 24.1. The van der Waals surface area contributed by atoms with Gasteiger partial charge in [0.15, 0.2) is 6.61 Å². The van der Waals surface area contributed by atoms with E-state index in [-0.39, 0.29) is 28.8 Å². The van der Waals surface area contributed by atoms with Crippen LogP contribution >= 0.6 is 46.4 Å². The van der Waals surface area contributed by atoms with E-state index in [2.05, 4.69) is 6.07 Å². The summed E-state index contributed by atoms with van der Waals surface area (Å²) >= 11 is 24.1. The van der Waals surface area contributed by atoms with Crippen LogP contribution < -0.4 is 19.9 Å². The number of ether oxygens (including phenoxy) is 3. The zero-order valence-electron chi connectivity index (χ0n) is 17.2. The van der Waals surface area contributed by atoms with E-state index in [1.54, 1.807) is 42.5 Å². The Kier molecular flexibility index (Phi) is 7.11. The smallest absolute Gasteiger partial charge is 0.349 e. The Hall–Kier alpha value is -3.08. The van der Waals surface area contributed by atoms with E-state index in [4.69, 9.17) is 66.3 Å². The molecule has 1 aliphatic rings. The van der Waals surface area contributed by atoms with E-state index in [9.17, 15) is 10.1 Å². The maximum atomic E-state index is 12.3. The number of allylic oxidation sites excluding steroid dienone is 1. The van der Waals surface area contributed by atoms with E-state index >= 15 is 0 Å². The first-order valence-electron chi connectivity index (χ1n) is 9.72. The first-order valence-corrected chi connectivity index (χ1v) is 11.2. The average molecular weight is 536 g/mol. The molecule has 0 aliphatic carbocycles. The number of hydrogen-bond donors (Lipinski definition) is 1. The second kappa shape index (κ2) is 10.0. The zero-order chi connectivity index (χ0) is 24.4. The molecule has 0 saturated heterocycles. The lowest BCUT2D eigenvalue weighted by atomic mass is 9.83. The molecule has 1 heterocycles. The van der Waals surface area contributed by atoms with Crippen LogP contribution in [0.1, 0.15) is 17.0 Å². The van der Waals surface area contributed by atoms with E-state index in [0.29, 0.717) is 37.7 Å². The lowest BCUT2D eigenvalue weighted by Gasteiger charge is -2.27. The Balaban J connectivity index is 1.55. The molecule has 3 aromatic rings. The van der Waals surface area contributed by atoms with Gasteiger partial charge in [-0.25, -0.2) is 4.79 Å². The summed E-state index contributed by atoms with van der Waals surface area (Å²) < 4.78 is 16.4. The molecule has 6 nitrogen and oxygen atoms in total. The Labute approximate surface area is 214 Å². The number of esters is 1. The van der Waals surface area contributed by atoms with Crippen LogP contribution in [0.3, 0.4) is 0 Å². The van der Waals surface area contributed by atoms with Crippen molar-refractivity contribution in [3.05, 3.63) is 97.3 Å². The zero-order valence-corrected chi connectivity index (χ0v) is 20.2. The molecule has 0 amide bonds. The van der Waals surface area contributed by atoms with Crippen molar-refractivity contribution in [2.75, 3.05) is 6.61 Å². The molecule has 1 unspecified atom stereocenters. The minimum absolute atomic E-state index is 0.0599. The molecular weight excluding hydrogens is 522 g/mol. The summed E-state index contributed by atoms with van der Waals surface area (Å²) in [6.07, 6.45) is 0. The fourth-order valence-corrected chi connectivity index (χ4v) is 4.19. The topological polar surface area (TPSA) is 94.6 Å². The van der Waals surface area contributed by atoms with Crippen molar-refractivity contribution in [2.24, 2.45) is 5.73 Å². The molecule has 1 atom stereocenters. The number of halogens is 4. The molecule has 0 fully saturated rings. The van der Waals surface area contributed by atoms with E-state index in [0.717, 1.165) is 0 Å². The van der Waals surface area contributed by atoms with E-state index in [1.165, 1.54) is 12.1 Å². The van der Waals surface area contributed by atoms with Crippen LogP contribution in [0.4, 0.5) is 0 Å². The van der Waals surface area contributed by atoms with Crippen molar-refractivity contribution in [1.29, 1.82) is 5.26 Å². The first-order chi connectivity index (χ1) is 16.3. The molecule has 172 valence electrons. The highest BCUT2D eigenvalue weighted by atomic mass is 35.5. The molecule has 0 radical (unpaired) electrons. The van der Waals surface area contributed by atoms with Crippen LogP contribution in [-0.2, 0) is 4.79 Å². The van der Waals surface area contributed by atoms with Gasteiger partial charge in [-0.05, 0) is 42.0 Å². The van der Waals surface area contributed by atoms with Gasteiger partial charge in [0, 0.05) is 16.7 Å². The number of carbonyl (C=O) groups is 1.